The summed E-state index contributed by atoms with van der Waals surface area (Å²) in [6, 6.07) is 36.3. The first-order chi connectivity index (χ1) is 20.5. The van der Waals surface area contributed by atoms with Gasteiger partial charge in [-0.05, 0) is 54.3 Å². The Hall–Kier alpha value is -4.48. The minimum absolute atomic E-state index is 0.0710. The Kier molecular flexibility index (Phi) is 8.29. The minimum Gasteiger partial charge on any atom is -0.354 e. The molecule has 6 heteroatoms. The van der Waals surface area contributed by atoms with Gasteiger partial charge in [0.15, 0.2) is 5.82 Å². The van der Waals surface area contributed by atoms with Crippen LogP contribution in [0.4, 0.5) is 5.82 Å². The lowest BCUT2D eigenvalue weighted by molar-refractivity contribution is 0.0767. The average molecular weight is 573 g/mol. The zero-order chi connectivity index (χ0) is 28.9. The minimum atomic E-state index is 0.0710. The van der Waals surface area contributed by atoms with Crippen molar-refractivity contribution in [3.8, 4) is 22.5 Å². The number of amides is 1. The van der Waals surface area contributed by atoms with Crippen LogP contribution in [0.15, 0.2) is 109 Å². The van der Waals surface area contributed by atoms with Gasteiger partial charge in [-0.1, -0.05) is 96.5 Å². The quantitative estimate of drug-likeness (QED) is 0.209. The van der Waals surface area contributed by atoms with Gasteiger partial charge >= 0.3 is 0 Å². The average Bonchev–Trinajstić information content (AvgIpc) is 3.30. The Bertz CT molecular complexity index is 1660. The van der Waals surface area contributed by atoms with Gasteiger partial charge in [-0.3, -0.25) is 4.79 Å². The Labute approximate surface area is 252 Å². The van der Waals surface area contributed by atoms with E-state index in [0.717, 1.165) is 68.7 Å². The SMILES string of the molecule is Cc1nc(-c2ccccc2)nc(N2CCCN(C(=O)c3ccc(-c4ccccc4)cc3)CC2)c1Cc1ccc(Cl)cc1. The summed E-state index contributed by atoms with van der Waals surface area (Å²) in [6.45, 7) is 4.91. The van der Waals surface area contributed by atoms with Crippen LogP contribution in [0.1, 0.15) is 33.6 Å². The van der Waals surface area contributed by atoms with Crippen molar-refractivity contribution in [1.82, 2.24) is 14.9 Å². The van der Waals surface area contributed by atoms with Crippen molar-refractivity contribution in [2.45, 2.75) is 19.8 Å². The van der Waals surface area contributed by atoms with Crippen molar-refractivity contribution in [1.29, 1.82) is 0 Å². The predicted molar refractivity (Wildman–Crippen MR) is 171 cm³/mol. The first-order valence-electron chi connectivity index (χ1n) is 14.4. The van der Waals surface area contributed by atoms with Gasteiger partial charge < -0.3 is 9.80 Å². The molecule has 0 spiro atoms. The maximum atomic E-state index is 13.5. The van der Waals surface area contributed by atoms with E-state index in [-0.39, 0.29) is 5.91 Å². The molecule has 210 valence electrons. The summed E-state index contributed by atoms with van der Waals surface area (Å²) in [6.07, 6.45) is 1.57. The van der Waals surface area contributed by atoms with Crippen molar-refractivity contribution in [3.05, 3.63) is 137 Å². The van der Waals surface area contributed by atoms with Crippen LogP contribution in [0.2, 0.25) is 5.02 Å². The van der Waals surface area contributed by atoms with E-state index in [0.29, 0.717) is 26.1 Å². The Balaban J connectivity index is 1.25. The van der Waals surface area contributed by atoms with E-state index in [1.54, 1.807) is 0 Å². The number of carbonyl (C=O) groups excluding carboxylic acids is 1. The third-order valence-corrected chi connectivity index (χ3v) is 8.09. The number of hydrogen-bond acceptors (Lipinski definition) is 4. The monoisotopic (exact) mass is 572 g/mol. The van der Waals surface area contributed by atoms with Crippen molar-refractivity contribution in [2.24, 2.45) is 0 Å². The molecule has 6 rings (SSSR count). The second-order valence-electron chi connectivity index (χ2n) is 10.7. The van der Waals surface area contributed by atoms with Gasteiger partial charge in [-0.25, -0.2) is 9.97 Å². The third-order valence-electron chi connectivity index (χ3n) is 7.84. The zero-order valence-electron chi connectivity index (χ0n) is 23.7. The van der Waals surface area contributed by atoms with E-state index in [4.69, 9.17) is 21.6 Å². The Morgan fingerprint density at radius 1 is 0.714 bits per heavy atom. The van der Waals surface area contributed by atoms with Crippen LogP contribution in [-0.4, -0.2) is 47.0 Å². The first kappa shape index (κ1) is 27.7. The number of rotatable bonds is 6. The molecular weight excluding hydrogens is 540 g/mol. The molecule has 1 aliphatic heterocycles. The summed E-state index contributed by atoms with van der Waals surface area (Å²) >= 11 is 6.16. The molecule has 1 amide bonds. The Morgan fingerprint density at radius 3 is 2.05 bits per heavy atom. The van der Waals surface area contributed by atoms with E-state index in [9.17, 15) is 4.79 Å². The van der Waals surface area contributed by atoms with Gasteiger partial charge in [0.1, 0.15) is 5.82 Å². The number of hydrogen-bond donors (Lipinski definition) is 0. The maximum absolute atomic E-state index is 13.5. The maximum Gasteiger partial charge on any atom is 0.253 e. The molecule has 5 aromatic rings. The van der Waals surface area contributed by atoms with E-state index < -0.39 is 0 Å². The Morgan fingerprint density at radius 2 is 1.36 bits per heavy atom. The highest BCUT2D eigenvalue weighted by molar-refractivity contribution is 6.30. The molecule has 0 N–H and O–H groups in total. The fraction of sp³-hybridized carbons (Fsp3) is 0.194. The molecule has 1 aliphatic rings. The lowest BCUT2D eigenvalue weighted by atomic mass is 10.0. The first-order valence-corrected chi connectivity index (χ1v) is 14.8. The highest BCUT2D eigenvalue weighted by Crippen LogP contribution is 2.29. The normalized spacial score (nSPS) is 13.6. The van der Waals surface area contributed by atoms with Crippen molar-refractivity contribution in [2.75, 3.05) is 31.1 Å². The number of anilines is 1. The summed E-state index contributed by atoms with van der Waals surface area (Å²) in [7, 11) is 0. The predicted octanol–water partition coefficient (Wildman–Crippen LogP) is 7.72. The van der Waals surface area contributed by atoms with Crippen LogP contribution in [0.25, 0.3) is 22.5 Å². The van der Waals surface area contributed by atoms with Crippen molar-refractivity contribution >= 4 is 23.3 Å². The molecule has 0 atom stereocenters. The van der Waals surface area contributed by atoms with Gasteiger partial charge in [-0.2, -0.15) is 0 Å². The van der Waals surface area contributed by atoms with Gasteiger partial charge in [0, 0.05) is 60.0 Å². The zero-order valence-corrected chi connectivity index (χ0v) is 24.5. The lowest BCUT2D eigenvalue weighted by Gasteiger charge is -2.26. The lowest BCUT2D eigenvalue weighted by Crippen LogP contribution is -2.35. The van der Waals surface area contributed by atoms with Gasteiger partial charge in [0.25, 0.3) is 5.91 Å². The smallest absolute Gasteiger partial charge is 0.253 e. The van der Waals surface area contributed by atoms with Crippen LogP contribution >= 0.6 is 11.6 Å². The van der Waals surface area contributed by atoms with Crippen molar-refractivity contribution < 1.29 is 4.79 Å². The molecule has 0 bridgehead atoms. The van der Waals surface area contributed by atoms with Crippen LogP contribution in [-0.2, 0) is 6.42 Å². The standard InChI is InChI=1S/C36H33ClN4O/c1-26-33(25-27-13-19-32(37)20-14-27)35(39-34(38-26)30-11-6-3-7-12-30)40-21-8-22-41(24-23-40)36(42)31-17-15-29(16-18-31)28-9-4-2-5-10-28/h2-7,9-20H,8,21-25H2,1H3. The summed E-state index contributed by atoms with van der Waals surface area (Å²) < 4.78 is 0. The number of aromatic nitrogens is 2. The largest absolute Gasteiger partial charge is 0.354 e. The molecule has 1 saturated heterocycles. The van der Waals surface area contributed by atoms with Crippen LogP contribution < -0.4 is 4.90 Å². The topological polar surface area (TPSA) is 49.3 Å². The molecular formula is C36H33ClN4O. The van der Waals surface area contributed by atoms with E-state index >= 15 is 0 Å². The fourth-order valence-corrected chi connectivity index (χ4v) is 5.65. The second-order valence-corrected chi connectivity index (χ2v) is 11.1. The van der Waals surface area contributed by atoms with E-state index in [1.807, 2.05) is 89.8 Å². The van der Waals surface area contributed by atoms with Gasteiger partial charge in [0.2, 0.25) is 0 Å². The molecule has 1 fully saturated rings. The molecule has 1 aromatic heterocycles. The fourth-order valence-electron chi connectivity index (χ4n) is 5.52. The summed E-state index contributed by atoms with van der Waals surface area (Å²) in [5.74, 6) is 1.73. The van der Waals surface area contributed by atoms with E-state index in [2.05, 4.69) is 36.1 Å². The third kappa shape index (κ3) is 6.22. The van der Waals surface area contributed by atoms with Gasteiger partial charge in [-0.15, -0.1) is 0 Å². The number of halogens is 1. The number of carbonyl (C=O) groups is 1. The number of nitrogens with zero attached hydrogens (tertiary/aromatic N) is 4. The molecule has 42 heavy (non-hydrogen) atoms. The number of benzene rings is 4. The van der Waals surface area contributed by atoms with Crippen LogP contribution in [0, 0.1) is 6.92 Å². The summed E-state index contributed by atoms with van der Waals surface area (Å²) in [4.78, 5) is 27.9. The summed E-state index contributed by atoms with van der Waals surface area (Å²) in [5.41, 5.74) is 7.19. The molecule has 0 aliphatic carbocycles. The van der Waals surface area contributed by atoms with Crippen LogP contribution in [0.3, 0.4) is 0 Å². The molecule has 5 nitrogen and oxygen atoms in total. The molecule has 0 radical (unpaired) electrons. The molecule has 0 unspecified atom stereocenters. The second kappa shape index (κ2) is 12.6. The highest BCUT2D eigenvalue weighted by atomic mass is 35.5. The molecule has 0 saturated carbocycles. The summed E-state index contributed by atoms with van der Waals surface area (Å²) in [5, 5.41) is 0.721. The van der Waals surface area contributed by atoms with Crippen molar-refractivity contribution in [3.63, 3.8) is 0 Å². The highest BCUT2D eigenvalue weighted by Gasteiger charge is 2.24. The van der Waals surface area contributed by atoms with Gasteiger partial charge in [0.05, 0.1) is 0 Å². The molecule has 2 heterocycles. The molecule has 4 aromatic carbocycles. The number of aryl methyl sites for hydroxylation is 1. The van der Waals surface area contributed by atoms with E-state index in [1.165, 1.54) is 0 Å². The van der Waals surface area contributed by atoms with Crippen LogP contribution in [0.5, 0.6) is 0 Å².